The molecule has 2 aliphatic heterocycles. The summed E-state index contributed by atoms with van der Waals surface area (Å²) in [5.41, 5.74) is 7.62. The molecule has 0 saturated carbocycles. The Morgan fingerprint density at radius 3 is 2.65 bits per heavy atom. The van der Waals surface area contributed by atoms with Gasteiger partial charge in [-0.3, -0.25) is 9.78 Å². The van der Waals surface area contributed by atoms with Gasteiger partial charge in [0.15, 0.2) is 0 Å². The molecule has 1 amide bonds. The molecule has 2 aromatic carbocycles. The highest BCUT2D eigenvalue weighted by atomic mass is 16.2. The van der Waals surface area contributed by atoms with Crippen molar-refractivity contribution in [1.29, 1.82) is 0 Å². The predicted molar refractivity (Wildman–Crippen MR) is 134 cm³/mol. The van der Waals surface area contributed by atoms with E-state index in [1.165, 1.54) is 11.1 Å². The number of carbonyl (C=O) groups excluding carboxylic acids is 1. The van der Waals surface area contributed by atoms with Crippen molar-refractivity contribution in [2.75, 3.05) is 24.5 Å². The molecule has 0 atom stereocenters. The summed E-state index contributed by atoms with van der Waals surface area (Å²) in [6.45, 7) is 5.45. The van der Waals surface area contributed by atoms with Crippen LogP contribution in [0.3, 0.4) is 0 Å². The van der Waals surface area contributed by atoms with E-state index in [1.807, 2.05) is 23.2 Å². The van der Waals surface area contributed by atoms with Gasteiger partial charge >= 0.3 is 0 Å². The van der Waals surface area contributed by atoms with E-state index >= 15 is 0 Å². The third-order valence-electron chi connectivity index (χ3n) is 7.06. The van der Waals surface area contributed by atoms with E-state index in [1.54, 1.807) is 12.5 Å². The Kier molecular flexibility index (Phi) is 5.21. The second kappa shape index (κ2) is 8.52. The van der Waals surface area contributed by atoms with Crippen LogP contribution in [0.1, 0.15) is 39.9 Å². The van der Waals surface area contributed by atoms with Gasteiger partial charge in [-0.05, 0) is 78.8 Å². The molecule has 0 aliphatic carbocycles. The molecule has 0 N–H and O–H groups in total. The second-order valence-corrected chi connectivity index (χ2v) is 9.28. The van der Waals surface area contributed by atoms with Crippen LogP contribution in [-0.4, -0.2) is 45.4 Å². The van der Waals surface area contributed by atoms with E-state index < -0.39 is 0 Å². The molecular weight excluding hydrogens is 422 g/mol. The molecule has 170 valence electrons. The Bertz CT molecular complexity index is 1380. The van der Waals surface area contributed by atoms with Gasteiger partial charge in [0.2, 0.25) is 0 Å². The molecule has 0 bridgehead atoms. The average molecular weight is 450 g/mol. The molecule has 0 spiro atoms. The van der Waals surface area contributed by atoms with E-state index in [2.05, 4.69) is 52.1 Å². The molecule has 4 heterocycles. The van der Waals surface area contributed by atoms with Gasteiger partial charge in [-0.2, -0.15) is 0 Å². The summed E-state index contributed by atoms with van der Waals surface area (Å²) < 4.78 is 0. The maximum absolute atomic E-state index is 13.0. The zero-order valence-electron chi connectivity index (χ0n) is 19.4. The Morgan fingerprint density at radius 2 is 1.82 bits per heavy atom. The number of rotatable bonds is 3. The first-order chi connectivity index (χ1) is 16.7. The molecule has 34 heavy (non-hydrogen) atoms. The topological polar surface area (TPSA) is 62.2 Å². The molecule has 0 radical (unpaired) electrons. The lowest BCUT2D eigenvalue weighted by atomic mass is 9.96. The first-order valence-electron chi connectivity index (χ1n) is 12.0. The maximum Gasteiger partial charge on any atom is 0.253 e. The van der Waals surface area contributed by atoms with Crippen LogP contribution >= 0.6 is 0 Å². The van der Waals surface area contributed by atoms with Crippen molar-refractivity contribution >= 4 is 22.6 Å². The fourth-order valence-electron chi connectivity index (χ4n) is 5.26. The van der Waals surface area contributed by atoms with Gasteiger partial charge < -0.3 is 9.80 Å². The van der Waals surface area contributed by atoms with Crippen LogP contribution in [0, 0.1) is 6.92 Å². The normalized spacial score (nSPS) is 15.6. The van der Waals surface area contributed by atoms with Crippen molar-refractivity contribution in [3.63, 3.8) is 0 Å². The number of fused-ring (bicyclic) bond motifs is 2. The summed E-state index contributed by atoms with van der Waals surface area (Å²) in [6, 6.07) is 14.6. The molecule has 6 heteroatoms. The summed E-state index contributed by atoms with van der Waals surface area (Å²) >= 11 is 0. The minimum Gasteiger partial charge on any atom is -0.351 e. The van der Waals surface area contributed by atoms with E-state index in [9.17, 15) is 4.79 Å². The molecular formula is C28H27N5O. The fourth-order valence-corrected chi connectivity index (χ4v) is 5.26. The molecule has 4 aromatic rings. The summed E-state index contributed by atoms with van der Waals surface area (Å²) in [5, 5.41) is 1.05. The SMILES string of the molecule is Cc1cc(-c2cccnc2)cc2c(N3CCc4ccc(C(=O)N5CCCC5)cc4C3)ncnc12. The van der Waals surface area contributed by atoms with Gasteiger partial charge in [-0.15, -0.1) is 0 Å². The quantitative estimate of drug-likeness (QED) is 0.450. The van der Waals surface area contributed by atoms with Crippen LogP contribution < -0.4 is 4.90 Å². The molecule has 6 rings (SSSR count). The van der Waals surface area contributed by atoms with Gasteiger partial charge in [0.05, 0.1) is 5.52 Å². The Labute approximate surface area is 199 Å². The van der Waals surface area contributed by atoms with Crippen LogP contribution in [-0.2, 0) is 13.0 Å². The van der Waals surface area contributed by atoms with E-state index in [0.29, 0.717) is 0 Å². The van der Waals surface area contributed by atoms with Crippen molar-refractivity contribution in [2.45, 2.75) is 32.7 Å². The Morgan fingerprint density at radius 1 is 0.941 bits per heavy atom. The lowest BCUT2D eigenvalue weighted by Gasteiger charge is -2.31. The Hall–Kier alpha value is -3.80. The van der Waals surface area contributed by atoms with Crippen molar-refractivity contribution in [3.8, 4) is 11.1 Å². The van der Waals surface area contributed by atoms with Gasteiger partial charge in [-0.25, -0.2) is 9.97 Å². The van der Waals surface area contributed by atoms with Crippen molar-refractivity contribution in [1.82, 2.24) is 19.9 Å². The lowest BCUT2D eigenvalue weighted by molar-refractivity contribution is 0.0792. The molecule has 2 aromatic heterocycles. The highest BCUT2D eigenvalue weighted by Crippen LogP contribution is 2.33. The van der Waals surface area contributed by atoms with Crippen LogP contribution in [0.15, 0.2) is 61.2 Å². The molecule has 2 aliphatic rings. The molecule has 1 saturated heterocycles. The van der Waals surface area contributed by atoms with Crippen molar-refractivity contribution in [2.24, 2.45) is 0 Å². The fraction of sp³-hybridized carbons (Fsp3) is 0.286. The third kappa shape index (κ3) is 3.69. The number of hydrogen-bond donors (Lipinski definition) is 0. The number of anilines is 1. The van der Waals surface area contributed by atoms with Crippen LogP contribution in [0.4, 0.5) is 5.82 Å². The molecule has 6 nitrogen and oxygen atoms in total. The highest BCUT2D eigenvalue weighted by molar-refractivity contribution is 5.96. The number of amides is 1. The van der Waals surface area contributed by atoms with Crippen LogP contribution in [0.25, 0.3) is 22.0 Å². The monoisotopic (exact) mass is 449 g/mol. The number of aryl methyl sites for hydroxylation is 1. The minimum atomic E-state index is 0.154. The zero-order chi connectivity index (χ0) is 23.1. The predicted octanol–water partition coefficient (Wildman–Crippen LogP) is 4.80. The second-order valence-electron chi connectivity index (χ2n) is 9.28. The lowest BCUT2D eigenvalue weighted by Crippen LogP contribution is -2.32. The first-order valence-corrected chi connectivity index (χ1v) is 12.0. The summed E-state index contributed by atoms with van der Waals surface area (Å²) in [5.74, 6) is 1.10. The van der Waals surface area contributed by atoms with E-state index in [-0.39, 0.29) is 5.91 Å². The number of aromatic nitrogens is 3. The average Bonchev–Trinajstić information content (AvgIpc) is 3.43. The number of carbonyl (C=O) groups is 1. The summed E-state index contributed by atoms with van der Waals surface area (Å²) in [6.07, 6.45) is 8.48. The van der Waals surface area contributed by atoms with E-state index in [4.69, 9.17) is 4.98 Å². The number of nitrogens with zero attached hydrogens (tertiary/aromatic N) is 5. The third-order valence-corrected chi connectivity index (χ3v) is 7.06. The maximum atomic E-state index is 13.0. The Balaban J connectivity index is 1.37. The number of pyridine rings is 1. The summed E-state index contributed by atoms with van der Waals surface area (Å²) in [4.78, 5) is 30.9. The van der Waals surface area contributed by atoms with Gasteiger partial charge in [0.25, 0.3) is 5.91 Å². The molecule has 0 unspecified atom stereocenters. The van der Waals surface area contributed by atoms with Crippen molar-refractivity contribution in [3.05, 3.63) is 83.4 Å². The zero-order valence-corrected chi connectivity index (χ0v) is 19.4. The van der Waals surface area contributed by atoms with E-state index in [0.717, 1.165) is 84.4 Å². The van der Waals surface area contributed by atoms with Crippen LogP contribution in [0.2, 0.25) is 0 Å². The van der Waals surface area contributed by atoms with Crippen LogP contribution in [0.5, 0.6) is 0 Å². The number of benzene rings is 2. The molecule has 1 fully saturated rings. The number of likely N-dealkylation sites (tertiary alicyclic amines) is 1. The summed E-state index contributed by atoms with van der Waals surface area (Å²) in [7, 11) is 0. The van der Waals surface area contributed by atoms with Crippen molar-refractivity contribution < 1.29 is 4.79 Å². The smallest absolute Gasteiger partial charge is 0.253 e. The standard InChI is InChI=1S/C28H27N5O/c1-19-13-23(22-5-4-9-29-16-22)15-25-26(19)30-18-31-27(25)33-12-8-20-6-7-21(14-24(20)17-33)28(34)32-10-2-3-11-32/h4-7,9,13-16,18H,2-3,8,10-12,17H2,1H3. The number of hydrogen-bond acceptors (Lipinski definition) is 5. The minimum absolute atomic E-state index is 0.154. The largest absolute Gasteiger partial charge is 0.351 e. The highest BCUT2D eigenvalue weighted by Gasteiger charge is 2.24. The van der Waals surface area contributed by atoms with Gasteiger partial charge in [0, 0.05) is 55.1 Å². The van der Waals surface area contributed by atoms with Gasteiger partial charge in [0.1, 0.15) is 12.1 Å². The van der Waals surface area contributed by atoms with Gasteiger partial charge in [-0.1, -0.05) is 12.1 Å². The first kappa shape index (κ1) is 20.8.